The van der Waals surface area contributed by atoms with Crippen LogP contribution in [0.25, 0.3) is 22.2 Å². The normalized spacial score (nSPS) is 14.1. The summed E-state index contributed by atoms with van der Waals surface area (Å²) in [6, 6.07) is 14.4. The third-order valence-electron chi connectivity index (χ3n) is 5.37. The van der Waals surface area contributed by atoms with Crippen LogP contribution in [0.2, 0.25) is 10.0 Å². The van der Waals surface area contributed by atoms with Crippen LogP contribution in [0.3, 0.4) is 0 Å². The van der Waals surface area contributed by atoms with Crippen molar-refractivity contribution in [1.82, 2.24) is 15.0 Å². The lowest BCUT2D eigenvalue weighted by Crippen LogP contribution is -2.37. The van der Waals surface area contributed by atoms with Crippen LogP contribution in [-0.4, -0.2) is 46.4 Å². The molecule has 0 aliphatic carbocycles. The second kappa shape index (κ2) is 9.27. The topological polar surface area (TPSA) is 123 Å². The van der Waals surface area contributed by atoms with Gasteiger partial charge in [-0.1, -0.05) is 35.3 Å². The van der Waals surface area contributed by atoms with E-state index in [1.807, 2.05) is 4.90 Å². The van der Waals surface area contributed by atoms with Gasteiger partial charge in [0.05, 0.1) is 24.4 Å². The number of hydrogen-bond acceptors (Lipinski definition) is 8. The Morgan fingerprint density at radius 3 is 2.50 bits per heavy atom. The van der Waals surface area contributed by atoms with Crippen molar-refractivity contribution in [3.05, 3.63) is 58.1 Å². The van der Waals surface area contributed by atoms with E-state index in [0.717, 1.165) is 0 Å². The number of ether oxygens (including phenoxy) is 1. The van der Waals surface area contributed by atoms with Gasteiger partial charge in [0.1, 0.15) is 11.6 Å². The van der Waals surface area contributed by atoms with E-state index in [9.17, 15) is 10.4 Å². The molecule has 1 aliphatic rings. The molecule has 9 nitrogen and oxygen atoms in total. The standard InChI is InChI=1S/C23H17Cl2N7O2/c24-14-3-1-13(2-4-14)19-17(12-26)21(32-7-9-34-10-8-32)29-23(28-19)31-30-20-16-11-15(25)5-6-18(16)27-22(20)33/h1-6,11,27,33H,7-10H2. The van der Waals surface area contributed by atoms with Gasteiger partial charge in [-0.3, -0.25) is 0 Å². The van der Waals surface area contributed by atoms with Gasteiger partial charge in [-0.15, -0.1) is 10.2 Å². The van der Waals surface area contributed by atoms with Gasteiger partial charge in [0, 0.05) is 34.1 Å². The summed E-state index contributed by atoms with van der Waals surface area (Å²) in [5, 5.41) is 30.4. The Hall–Kier alpha value is -3.71. The summed E-state index contributed by atoms with van der Waals surface area (Å²) >= 11 is 12.2. The number of aromatic nitrogens is 3. The second-order valence-electron chi connectivity index (χ2n) is 7.50. The zero-order valence-electron chi connectivity index (χ0n) is 17.7. The van der Waals surface area contributed by atoms with Crippen LogP contribution in [0.4, 0.5) is 17.5 Å². The number of hydrogen-bond donors (Lipinski definition) is 2. The molecular formula is C23H17Cl2N7O2. The van der Waals surface area contributed by atoms with E-state index in [1.54, 1.807) is 42.5 Å². The van der Waals surface area contributed by atoms with E-state index < -0.39 is 0 Å². The average molecular weight is 494 g/mol. The number of rotatable bonds is 4. The predicted octanol–water partition coefficient (Wildman–Crippen LogP) is 5.76. The molecule has 0 atom stereocenters. The number of nitrogens with zero attached hydrogens (tertiary/aromatic N) is 6. The molecule has 0 amide bonds. The maximum absolute atomic E-state index is 10.3. The highest BCUT2D eigenvalue weighted by Gasteiger charge is 2.23. The van der Waals surface area contributed by atoms with Gasteiger partial charge in [0.15, 0.2) is 11.5 Å². The van der Waals surface area contributed by atoms with E-state index in [1.165, 1.54) is 0 Å². The molecule has 34 heavy (non-hydrogen) atoms. The van der Waals surface area contributed by atoms with Gasteiger partial charge < -0.3 is 19.7 Å². The second-order valence-corrected chi connectivity index (χ2v) is 8.37. The van der Waals surface area contributed by atoms with Crippen LogP contribution >= 0.6 is 23.2 Å². The molecule has 2 aromatic heterocycles. The number of azo groups is 1. The largest absolute Gasteiger partial charge is 0.493 e. The molecule has 0 radical (unpaired) electrons. The number of aromatic hydroxyl groups is 1. The van der Waals surface area contributed by atoms with Gasteiger partial charge in [0.25, 0.3) is 5.95 Å². The molecule has 2 aromatic carbocycles. The number of fused-ring (bicyclic) bond motifs is 1. The minimum atomic E-state index is -0.152. The van der Waals surface area contributed by atoms with Crippen LogP contribution in [0.5, 0.6) is 5.88 Å². The summed E-state index contributed by atoms with van der Waals surface area (Å²) in [6.45, 7) is 2.19. The predicted molar refractivity (Wildman–Crippen MR) is 129 cm³/mol. The molecule has 1 saturated heterocycles. The third kappa shape index (κ3) is 4.26. The molecule has 5 rings (SSSR count). The average Bonchev–Trinajstić information content (AvgIpc) is 3.17. The van der Waals surface area contributed by atoms with Crippen molar-refractivity contribution in [1.29, 1.82) is 5.26 Å². The zero-order chi connectivity index (χ0) is 23.7. The van der Waals surface area contributed by atoms with Gasteiger partial charge in [-0.2, -0.15) is 10.2 Å². The van der Waals surface area contributed by atoms with Crippen LogP contribution in [0.15, 0.2) is 52.7 Å². The Balaban J connectivity index is 1.64. The molecule has 0 unspecified atom stereocenters. The van der Waals surface area contributed by atoms with Crippen LogP contribution in [-0.2, 0) is 4.74 Å². The Labute approximate surface area is 204 Å². The summed E-state index contributed by atoms with van der Waals surface area (Å²) in [5.41, 5.74) is 2.30. The Bertz CT molecular complexity index is 1440. The number of morpholine rings is 1. The highest BCUT2D eigenvalue weighted by molar-refractivity contribution is 6.31. The van der Waals surface area contributed by atoms with Crippen molar-refractivity contribution in [3.8, 4) is 23.2 Å². The van der Waals surface area contributed by atoms with Crippen LogP contribution in [0.1, 0.15) is 5.56 Å². The molecule has 3 heterocycles. The van der Waals surface area contributed by atoms with Crippen molar-refractivity contribution >= 4 is 51.6 Å². The first-order valence-electron chi connectivity index (χ1n) is 10.4. The van der Waals surface area contributed by atoms with Crippen molar-refractivity contribution < 1.29 is 9.84 Å². The van der Waals surface area contributed by atoms with Gasteiger partial charge in [0.2, 0.25) is 5.88 Å². The number of nitriles is 1. The molecule has 0 spiro atoms. The Kier molecular flexibility index (Phi) is 6.02. The quantitative estimate of drug-likeness (QED) is 0.348. The number of H-pyrrole nitrogens is 1. The minimum Gasteiger partial charge on any atom is -0.493 e. The van der Waals surface area contributed by atoms with Crippen molar-refractivity contribution in [2.75, 3.05) is 31.2 Å². The molecule has 4 aromatic rings. The third-order valence-corrected chi connectivity index (χ3v) is 5.86. The molecule has 2 N–H and O–H groups in total. The number of anilines is 1. The number of benzene rings is 2. The first-order chi connectivity index (χ1) is 16.5. The highest BCUT2D eigenvalue weighted by Crippen LogP contribution is 2.38. The number of halogens is 2. The fourth-order valence-corrected chi connectivity index (χ4v) is 4.04. The lowest BCUT2D eigenvalue weighted by molar-refractivity contribution is 0.122. The maximum Gasteiger partial charge on any atom is 0.271 e. The van der Waals surface area contributed by atoms with Crippen LogP contribution < -0.4 is 4.90 Å². The molecule has 11 heteroatoms. The summed E-state index contributed by atoms with van der Waals surface area (Å²) in [4.78, 5) is 13.8. The van der Waals surface area contributed by atoms with Crippen molar-refractivity contribution in [3.63, 3.8) is 0 Å². The first kappa shape index (κ1) is 22.1. The molecule has 0 bridgehead atoms. The summed E-state index contributed by atoms with van der Waals surface area (Å²) in [7, 11) is 0. The highest BCUT2D eigenvalue weighted by atomic mass is 35.5. The van der Waals surface area contributed by atoms with E-state index in [4.69, 9.17) is 27.9 Å². The van der Waals surface area contributed by atoms with E-state index in [-0.39, 0.29) is 17.5 Å². The minimum absolute atomic E-state index is 0.0428. The van der Waals surface area contributed by atoms with Crippen molar-refractivity contribution in [2.24, 2.45) is 10.2 Å². The number of aromatic amines is 1. The maximum atomic E-state index is 10.3. The van der Waals surface area contributed by atoms with E-state index >= 15 is 0 Å². The van der Waals surface area contributed by atoms with Gasteiger partial charge >= 0.3 is 0 Å². The molecule has 1 fully saturated rings. The Morgan fingerprint density at radius 2 is 1.76 bits per heavy atom. The van der Waals surface area contributed by atoms with E-state index in [0.29, 0.717) is 69.9 Å². The monoisotopic (exact) mass is 493 g/mol. The Morgan fingerprint density at radius 1 is 1.03 bits per heavy atom. The summed E-state index contributed by atoms with van der Waals surface area (Å²) in [5.74, 6) is 0.341. The van der Waals surface area contributed by atoms with Crippen molar-refractivity contribution in [2.45, 2.75) is 0 Å². The fraction of sp³-hybridized carbons (Fsp3) is 0.174. The molecule has 170 valence electrons. The summed E-state index contributed by atoms with van der Waals surface area (Å²) < 4.78 is 5.45. The van der Waals surface area contributed by atoms with Crippen LogP contribution in [0, 0.1) is 11.3 Å². The lowest BCUT2D eigenvalue weighted by atomic mass is 10.1. The van der Waals surface area contributed by atoms with E-state index in [2.05, 4.69) is 31.2 Å². The first-order valence-corrected chi connectivity index (χ1v) is 11.1. The number of nitrogens with one attached hydrogen (secondary N) is 1. The fourth-order valence-electron chi connectivity index (χ4n) is 3.74. The molecule has 0 saturated carbocycles. The molecule has 1 aliphatic heterocycles. The van der Waals surface area contributed by atoms with Gasteiger partial charge in [-0.05, 0) is 30.3 Å². The summed E-state index contributed by atoms with van der Waals surface area (Å²) in [6.07, 6.45) is 0. The smallest absolute Gasteiger partial charge is 0.271 e. The lowest BCUT2D eigenvalue weighted by Gasteiger charge is -2.28. The molecular weight excluding hydrogens is 477 g/mol. The zero-order valence-corrected chi connectivity index (χ0v) is 19.2. The van der Waals surface area contributed by atoms with Gasteiger partial charge in [-0.25, -0.2) is 4.98 Å². The SMILES string of the molecule is N#Cc1c(-c2ccc(Cl)cc2)nc(N=Nc2c(O)[nH]c3ccc(Cl)cc23)nc1N1CCOCC1.